The average Bonchev–Trinajstić information content (AvgIpc) is 2.12. The van der Waals surface area contributed by atoms with Crippen LogP contribution in [0.2, 0.25) is 0 Å². The van der Waals surface area contributed by atoms with E-state index in [2.05, 4.69) is 27.7 Å². The van der Waals surface area contributed by atoms with E-state index in [4.69, 9.17) is 4.74 Å². The molecule has 1 unspecified atom stereocenters. The van der Waals surface area contributed by atoms with Gasteiger partial charge in [0, 0.05) is 5.41 Å². The lowest BCUT2D eigenvalue weighted by Gasteiger charge is -2.41. The summed E-state index contributed by atoms with van der Waals surface area (Å²) in [5, 5.41) is 0. The summed E-state index contributed by atoms with van der Waals surface area (Å²) in [6.45, 7) is 12.7. The minimum Gasteiger partial charge on any atom is -0.366 e. The Morgan fingerprint density at radius 2 is 1.62 bits per heavy atom. The highest BCUT2D eigenvalue weighted by atomic mass is 16.5. The van der Waals surface area contributed by atoms with E-state index in [0.717, 1.165) is 0 Å². The zero-order chi connectivity index (χ0) is 10.5. The van der Waals surface area contributed by atoms with E-state index in [1.165, 1.54) is 0 Å². The first-order valence-corrected chi connectivity index (χ1v) is 4.80. The number of ether oxygens (including phenoxy) is 1. The smallest absolute Gasteiger partial charge is 0.161 e. The molecular weight excluding hydrogens is 164 g/mol. The number of ketones is 1. The van der Waals surface area contributed by atoms with E-state index in [1.54, 1.807) is 6.92 Å². The monoisotopic (exact) mass is 184 g/mol. The molecule has 1 rings (SSSR count). The third-order valence-electron chi connectivity index (χ3n) is 4.28. The molecule has 1 fully saturated rings. The lowest BCUT2D eigenvalue weighted by Crippen LogP contribution is -2.49. The molecule has 1 aliphatic heterocycles. The van der Waals surface area contributed by atoms with Crippen molar-refractivity contribution in [2.24, 2.45) is 10.8 Å². The number of Topliss-reactive ketones (excluding diaryl/α,β-unsaturated/α-hetero) is 1. The van der Waals surface area contributed by atoms with Crippen molar-refractivity contribution < 1.29 is 9.53 Å². The van der Waals surface area contributed by atoms with Crippen molar-refractivity contribution in [3.8, 4) is 0 Å². The van der Waals surface area contributed by atoms with Crippen molar-refractivity contribution in [3.63, 3.8) is 0 Å². The molecule has 1 aliphatic rings. The second-order valence-corrected chi connectivity index (χ2v) is 5.39. The van der Waals surface area contributed by atoms with E-state index in [9.17, 15) is 4.79 Å². The second kappa shape index (κ2) is 2.57. The number of carbonyl (C=O) groups excluding carboxylic acids is 1. The molecule has 0 amide bonds. The Labute approximate surface area is 80.7 Å². The predicted molar refractivity (Wildman–Crippen MR) is 52.6 cm³/mol. The van der Waals surface area contributed by atoms with Crippen molar-refractivity contribution >= 4 is 5.78 Å². The van der Waals surface area contributed by atoms with Gasteiger partial charge in [0.1, 0.15) is 5.60 Å². The normalized spacial score (nSPS) is 36.2. The van der Waals surface area contributed by atoms with Gasteiger partial charge in [-0.05, 0) is 19.3 Å². The first kappa shape index (κ1) is 10.7. The highest BCUT2D eigenvalue weighted by molar-refractivity contribution is 5.86. The molecule has 0 aromatic heterocycles. The Morgan fingerprint density at radius 1 is 1.15 bits per heavy atom. The summed E-state index contributed by atoms with van der Waals surface area (Å²) >= 11 is 0. The van der Waals surface area contributed by atoms with Crippen molar-refractivity contribution in [3.05, 3.63) is 0 Å². The van der Waals surface area contributed by atoms with Crippen LogP contribution < -0.4 is 0 Å². The second-order valence-electron chi connectivity index (χ2n) is 5.39. The van der Waals surface area contributed by atoms with Gasteiger partial charge in [0.15, 0.2) is 5.78 Å². The minimum atomic E-state index is -0.615. The fourth-order valence-electron chi connectivity index (χ4n) is 1.87. The van der Waals surface area contributed by atoms with Crippen LogP contribution in [-0.4, -0.2) is 18.0 Å². The van der Waals surface area contributed by atoms with E-state index in [0.29, 0.717) is 6.61 Å². The van der Waals surface area contributed by atoms with Crippen LogP contribution in [0.25, 0.3) is 0 Å². The van der Waals surface area contributed by atoms with Gasteiger partial charge in [0.25, 0.3) is 0 Å². The third-order valence-corrected chi connectivity index (χ3v) is 4.28. The highest BCUT2D eigenvalue weighted by Gasteiger charge is 2.59. The summed E-state index contributed by atoms with van der Waals surface area (Å²) in [6, 6.07) is 0. The van der Waals surface area contributed by atoms with Crippen molar-refractivity contribution in [2.45, 2.75) is 47.1 Å². The Bertz CT molecular complexity index is 240. The van der Waals surface area contributed by atoms with Crippen LogP contribution in [0.15, 0.2) is 0 Å². The lowest BCUT2D eigenvalue weighted by atomic mass is 9.61. The first-order valence-electron chi connectivity index (χ1n) is 4.80. The molecule has 0 aliphatic carbocycles. The molecule has 0 radical (unpaired) electrons. The number of carbonyl (C=O) groups is 1. The van der Waals surface area contributed by atoms with Gasteiger partial charge in [0.05, 0.1) is 6.61 Å². The maximum Gasteiger partial charge on any atom is 0.161 e. The first-order chi connectivity index (χ1) is 5.65. The molecular formula is C11H20O2. The van der Waals surface area contributed by atoms with Crippen LogP contribution in [-0.2, 0) is 9.53 Å². The van der Waals surface area contributed by atoms with Gasteiger partial charge in [0.2, 0.25) is 0 Å². The van der Waals surface area contributed by atoms with Gasteiger partial charge in [-0.3, -0.25) is 4.79 Å². The van der Waals surface area contributed by atoms with Crippen molar-refractivity contribution in [2.75, 3.05) is 6.61 Å². The van der Waals surface area contributed by atoms with Gasteiger partial charge in [-0.15, -0.1) is 0 Å². The minimum absolute atomic E-state index is 0.0629. The molecule has 0 aromatic rings. The largest absolute Gasteiger partial charge is 0.366 e. The SMILES string of the molecule is CC(=O)C1(C)OCC(C)(C)C1(C)C. The van der Waals surface area contributed by atoms with E-state index in [1.807, 2.05) is 6.92 Å². The average molecular weight is 184 g/mol. The summed E-state index contributed by atoms with van der Waals surface area (Å²) in [5.41, 5.74) is -0.657. The number of hydrogen-bond donors (Lipinski definition) is 0. The topological polar surface area (TPSA) is 26.3 Å². The molecule has 0 bridgehead atoms. The van der Waals surface area contributed by atoms with Crippen LogP contribution in [0.5, 0.6) is 0 Å². The Kier molecular flexibility index (Phi) is 2.11. The molecule has 1 heterocycles. The molecule has 13 heavy (non-hydrogen) atoms. The van der Waals surface area contributed by atoms with E-state index in [-0.39, 0.29) is 16.6 Å². The fraction of sp³-hybridized carbons (Fsp3) is 0.909. The van der Waals surface area contributed by atoms with E-state index < -0.39 is 5.60 Å². The van der Waals surface area contributed by atoms with Gasteiger partial charge in [-0.1, -0.05) is 27.7 Å². The number of rotatable bonds is 1. The van der Waals surface area contributed by atoms with Gasteiger partial charge in [-0.2, -0.15) is 0 Å². The summed E-state index contributed by atoms with van der Waals surface area (Å²) < 4.78 is 5.68. The van der Waals surface area contributed by atoms with Gasteiger partial charge >= 0.3 is 0 Å². The molecule has 2 heteroatoms. The Hall–Kier alpha value is -0.370. The van der Waals surface area contributed by atoms with Crippen molar-refractivity contribution in [1.82, 2.24) is 0 Å². The zero-order valence-electron chi connectivity index (χ0n) is 9.52. The third kappa shape index (κ3) is 1.15. The van der Waals surface area contributed by atoms with Crippen LogP contribution in [0.4, 0.5) is 0 Å². The standard InChI is InChI=1S/C11H20O2/c1-8(12)11(6)10(4,5)9(2,3)7-13-11/h7H2,1-6H3. The van der Waals surface area contributed by atoms with Crippen LogP contribution in [0.3, 0.4) is 0 Å². The molecule has 0 spiro atoms. The maximum atomic E-state index is 11.5. The molecule has 76 valence electrons. The Morgan fingerprint density at radius 3 is 1.77 bits per heavy atom. The quantitative estimate of drug-likeness (QED) is 0.625. The molecule has 1 saturated heterocycles. The van der Waals surface area contributed by atoms with Gasteiger partial charge in [-0.25, -0.2) is 0 Å². The highest BCUT2D eigenvalue weighted by Crippen LogP contribution is 2.54. The number of hydrogen-bond acceptors (Lipinski definition) is 2. The van der Waals surface area contributed by atoms with Crippen LogP contribution in [0, 0.1) is 10.8 Å². The van der Waals surface area contributed by atoms with E-state index >= 15 is 0 Å². The zero-order valence-corrected chi connectivity index (χ0v) is 9.52. The molecule has 0 saturated carbocycles. The van der Waals surface area contributed by atoms with Gasteiger partial charge < -0.3 is 4.74 Å². The fourth-order valence-corrected chi connectivity index (χ4v) is 1.87. The molecule has 2 nitrogen and oxygen atoms in total. The van der Waals surface area contributed by atoms with Crippen molar-refractivity contribution in [1.29, 1.82) is 0 Å². The molecule has 1 atom stereocenters. The summed E-state index contributed by atoms with van der Waals surface area (Å²) in [7, 11) is 0. The molecule has 0 N–H and O–H groups in total. The molecule has 0 aromatic carbocycles. The summed E-state index contributed by atoms with van der Waals surface area (Å²) in [6.07, 6.45) is 0. The van der Waals surface area contributed by atoms with Crippen LogP contribution >= 0.6 is 0 Å². The summed E-state index contributed by atoms with van der Waals surface area (Å²) in [4.78, 5) is 11.5. The maximum absolute atomic E-state index is 11.5. The predicted octanol–water partition coefficient (Wildman–Crippen LogP) is 2.42. The van der Waals surface area contributed by atoms with Crippen LogP contribution in [0.1, 0.15) is 41.5 Å². The summed E-state index contributed by atoms with van der Waals surface area (Å²) in [5.74, 6) is 0.128. The Balaban J connectivity index is 3.14. The lowest BCUT2D eigenvalue weighted by molar-refractivity contribution is -0.143.